The number of aliphatic hydroxyl groups excluding tert-OH is 1. The van der Waals surface area contributed by atoms with Gasteiger partial charge < -0.3 is 38.7 Å². The maximum absolute atomic E-state index is 14.6. The molecule has 1 aliphatic carbocycles. The number of benzene rings is 3. The molecule has 1 aromatic heterocycles. The molecule has 1 fully saturated rings. The maximum Gasteiger partial charge on any atom is 0.351 e. The van der Waals surface area contributed by atoms with Crippen LogP contribution in [0.25, 0.3) is 11.0 Å². The number of hydrogen-bond donors (Lipinski definition) is 2. The Bertz CT molecular complexity index is 2050. The number of nitrogens with zero attached hydrogens (tertiary/aromatic N) is 1. The Kier molecular flexibility index (Phi) is 12.8. The molecule has 3 aromatic carbocycles. The van der Waals surface area contributed by atoms with Gasteiger partial charge in [0.15, 0.2) is 0 Å². The summed E-state index contributed by atoms with van der Waals surface area (Å²) in [4.78, 5) is 70.8. The van der Waals surface area contributed by atoms with E-state index in [1.54, 1.807) is 80.8 Å². The second-order valence-corrected chi connectivity index (χ2v) is 13.7. The molecule has 2 N–H and O–H groups in total. The zero-order valence-electron chi connectivity index (χ0n) is 31.0. The van der Waals surface area contributed by atoms with Crippen molar-refractivity contribution in [2.24, 2.45) is 5.92 Å². The lowest BCUT2D eigenvalue weighted by Crippen LogP contribution is -2.59. The van der Waals surface area contributed by atoms with Crippen molar-refractivity contribution in [3.63, 3.8) is 0 Å². The Balaban J connectivity index is 1.49. The zero-order chi connectivity index (χ0) is 38.9. The predicted octanol–water partition coefficient (Wildman–Crippen LogP) is 5.44. The Morgan fingerprint density at radius 2 is 1.69 bits per heavy atom. The lowest BCUT2D eigenvalue weighted by atomic mass is 9.84. The Hall–Kier alpha value is -5.69. The van der Waals surface area contributed by atoms with E-state index in [0.29, 0.717) is 53.0 Å². The van der Waals surface area contributed by atoms with Crippen molar-refractivity contribution in [1.29, 1.82) is 0 Å². The molecular weight excluding hydrogens is 708 g/mol. The normalized spacial score (nSPS) is 18.2. The Labute approximate surface area is 318 Å². The standard InChI is InChI=1S/C42H46N2O11/c1-3-52-37(47)25-34-39(55-42(50)32-23-28-12-7-8-13-35(28)54-41(32)49)38(43-40(48)27-10-5-4-6-11-27)31-24-30(53-21-9-20-45)18-19-33(31)44(34)36(46)22-26-14-16-29(51-2)17-15-26/h7-8,12-19,23-24,27,34,38-39,45H,3-6,9-11,20-22,25H2,1-2H3,(H,43,48)/t34-,38-,39-/m0/s1. The van der Waals surface area contributed by atoms with Gasteiger partial charge >= 0.3 is 17.6 Å². The average Bonchev–Trinajstić information content (AvgIpc) is 3.19. The number of carbonyl (C=O) groups is 4. The molecule has 4 aromatic rings. The van der Waals surface area contributed by atoms with E-state index in [1.165, 1.54) is 11.0 Å². The van der Waals surface area contributed by atoms with E-state index in [9.17, 15) is 29.1 Å². The summed E-state index contributed by atoms with van der Waals surface area (Å²) in [5, 5.41) is 13.0. The first-order chi connectivity index (χ1) is 26.7. The van der Waals surface area contributed by atoms with Gasteiger partial charge in [0.25, 0.3) is 0 Å². The second-order valence-electron chi connectivity index (χ2n) is 13.7. The highest BCUT2D eigenvalue weighted by molar-refractivity contribution is 5.99. The van der Waals surface area contributed by atoms with Crippen LogP contribution in [0.15, 0.2) is 82.0 Å². The summed E-state index contributed by atoms with van der Waals surface area (Å²) < 4.78 is 28.3. The smallest absolute Gasteiger partial charge is 0.351 e. The summed E-state index contributed by atoms with van der Waals surface area (Å²) in [7, 11) is 1.54. The SMILES string of the molecule is CCOC(=O)C[C@H]1[C@H](OC(=O)c2cc3ccccc3oc2=O)[C@@H](NC(=O)C2CCCCC2)c2cc(OCCCO)ccc2N1C(=O)Cc1ccc(OC)cc1. The van der Waals surface area contributed by atoms with E-state index in [4.69, 9.17) is 23.4 Å². The highest BCUT2D eigenvalue weighted by atomic mass is 16.6. The van der Waals surface area contributed by atoms with Crippen LogP contribution in [0.5, 0.6) is 11.5 Å². The van der Waals surface area contributed by atoms with Gasteiger partial charge in [-0.25, -0.2) is 9.59 Å². The van der Waals surface area contributed by atoms with Crippen LogP contribution in [0.1, 0.15) is 79.4 Å². The third-order valence-electron chi connectivity index (χ3n) is 10.0. The molecule has 0 radical (unpaired) electrons. The van der Waals surface area contributed by atoms with Crippen LogP contribution in [-0.4, -0.2) is 67.9 Å². The molecule has 6 rings (SSSR count). The number of anilines is 1. The minimum absolute atomic E-state index is 0.0565. The molecule has 1 aliphatic heterocycles. The van der Waals surface area contributed by atoms with E-state index in [2.05, 4.69) is 5.32 Å². The van der Waals surface area contributed by atoms with Crippen LogP contribution < -0.4 is 25.3 Å². The van der Waals surface area contributed by atoms with E-state index in [0.717, 1.165) is 19.3 Å². The van der Waals surface area contributed by atoms with Crippen molar-refractivity contribution in [2.45, 2.75) is 76.5 Å². The van der Waals surface area contributed by atoms with Crippen molar-refractivity contribution in [3.05, 3.63) is 99.9 Å². The molecule has 2 amide bonds. The quantitative estimate of drug-likeness (QED) is 0.0955. The van der Waals surface area contributed by atoms with Gasteiger partial charge in [-0.2, -0.15) is 0 Å². The van der Waals surface area contributed by atoms with Crippen LogP contribution in [0.3, 0.4) is 0 Å². The zero-order valence-corrected chi connectivity index (χ0v) is 31.0. The van der Waals surface area contributed by atoms with Gasteiger partial charge in [0, 0.05) is 35.6 Å². The second kappa shape index (κ2) is 18.1. The van der Waals surface area contributed by atoms with Crippen molar-refractivity contribution in [2.75, 3.05) is 31.8 Å². The molecule has 2 heterocycles. The third kappa shape index (κ3) is 9.17. The first kappa shape index (κ1) is 39.0. The number of nitrogens with one attached hydrogen (secondary N) is 1. The molecule has 3 atom stereocenters. The van der Waals surface area contributed by atoms with Crippen molar-refractivity contribution >= 4 is 40.4 Å². The molecule has 0 saturated heterocycles. The van der Waals surface area contributed by atoms with E-state index in [-0.39, 0.29) is 43.6 Å². The fourth-order valence-corrected chi connectivity index (χ4v) is 7.32. The molecule has 13 heteroatoms. The molecule has 55 heavy (non-hydrogen) atoms. The number of fused-ring (bicyclic) bond motifs is 2. The fraction of sp³-hybridized carbons (Fsp3) is 0.405. The van der Waals surface area contributed by atoms with Gasteiger partial charge in [0.05, 0.1) is 45.2 Å². The summed E-state index contributed by atoms with van der Waals surface area (Å²) in [6.45, 7) is 1.81. The summed E-state index contributed by atoms with van der Waals surface area (Å²) in [5.74, 6) is -1.73. The Morgan fingerprint density at radius 1 is 0.945 bits per heavy atom. The molecule has 0 unspecified atom stereocenters. The molecule has 2 aliphatic rings. The summed E-state index contributed by atoms with van der Waals surface area (Å²) in [5.41, 5.74) is 0.371. The van der Waals surface area contributed by atoms with Crippen LogP contribution >= 0.6 is 0 Å². The van der Waals surface area contributed by atoms with Crippen molar-refractivity contribution < 1.29 is 47.6 Å². The van der Waals surface area contributed by atoms with Crippen LogP contribution in [0.2, 0.25) is 0 Å². The molecule has 0 bridgehead atoms. The Morgan fingerprint density at radius 3 is 2.42 bits per heavy atom. The fourth-order valence-electron chi connectivity index (χ4n) is 7.32. The van der Waals surface area contributed by atoms with E-state index >= 15 is 0 Å². The number of carbonyl (C=O) groups excluding carboxylic acids is 4. The first-order valence-corrected chi connectivity index (χ1v) is 18.7. The lowest BCUT2D eigenvalue weighted by Gasteiger charge is -2.46. The van der Waals surface area contributed by atoms with Gasteiger partial charge in [-0.1, -0.05) is 49.6 Å². The third-order valence-corrected chi connectivity index (χ3v) is 10.0. The molecule has 1 saturated carbocycles. The highest BCUT2D eigenvalue weighted by Gasteiger charge is 2.48. The number of esters is 2. The van der Waals surface area contributed by atoms with Gasteiger partial charge in [0.1, 0.15) is 28.7 Å². The number of rotatable bonds is 14. The summed E-state index contributed by atoms with van der Waals surface area (Å²) in [6, 6.07) is 17.8. The number of aliphatic hydroxyl groups is 1. The number of hydrogen-bond acceptors (Lipinski definition) is 11. The van der Waals surface area contributed by atoms with Crippen LogP contribution in [-0.2, 0) is 30.3 Å². The van der Waals surface area contributed by atoms with Crippen molar-refractivity contribution in [1.82, 2.24) is 5.32 Å². The molecular formula is C42H46N2O11. The van der Waals surface area contributed by atoms with Crippen LogP contribution in [0.4, 0.5) is 5.69 Å². The number of amides is 2. The predicted molar refractivity (Wildman–Crippen MR) is 202 cm³/mol. The minimum atomic E-state index is -1.39. The molecule has 13 nitrogen and oxygen atoms in total. The maximum atomic E-state index is 14.6. The van der Waals surface area contributed by atoms with Crippen LogP contribution in [0, 0.1) is 5.92 Å². The lowest BCUT2D eigenvalue weighted by molar-refractivity contribution is -0.144. The average molecular weight is 755 g/mol. The highest BCUT2D eigenvalue weighted by Crippen LogP contribution is 2.43. The van der Waals surface area contributed by atoms with Gasteiger partial charge in [-0.15, -0.1) is 0 Å². The van der Waals surface area contributed by atoms with Gasteiger partial charge in [-0.3, -0.25) is 14.4 Å². The number of ether oxygens (including phenoxy) is 4. The van der Waals surface area contributed by atoms with E-state index < -0.39 is 53.6 Å². The summed E-state index contributed by atoms with van der Waals surface area (Å²) >= 11 is 0. The number of para-hydroxylation sites is 1. The molecule has 290 valence electrons. The van der Waals surface area contributed by atoms with E-state index in [1.807, 2.05) is 0 Å². The number of methoxy groups -OCH3 is 1. The summed E-state index contributed by atoms with van der Waals surface area (Å²) in [6.07, 6.45) is 2.61. The topological polar surface area (TPSA) is 171 Å². The largest absolute Gasteiger partial charge is 0.497 e. The monoisotopic (exact) mass is 754 g/mol. The van der Waals surface area contributed by atoms with Gasteiger partial charge in [-0.05, 0) is 67.8 Å². The first-order valence-electron chi connectivity index (χ1n) is 18.7. The minimum Gasteiger partial charge on any atom is -0.497 e. The van der Waals surface area contributed by atoms with Gasteiger partial charge in [0.2, 0.25) is 11.8 Å². The van der Waals surface area contributed by atoms with Crippen molar-refractivity contribution in [3.8, 4) is 11.5 Å². The molecule has 0 spiro atoms.